The van der Waals surface area contributed by atoms with Crippen molar-refractivity contribution in [2.45, 2.75) is 18.6 Å². The number of benzene rings is 2. The Labute approximate surface area is 178 Å². The molecule has 2 bridgehead atoms. The van der Waals surface area contributed by atoms with Crippen LogP contribution < -0.4 is 11.4 Å². The molecule has 1 saturated heterocycles. The molecular formula is C25H22N4O2. The van der Waals surface area contributed by atoms with E-state index in [1.165, 1.54) is 10.1 Å². The molecular weight excluding hydrogens is 388 g/mol. The van der Waals surface area contributed by atoms with Crippen LogP contribution in [0.4, 0.5) is 0 Å². The van der Waals surface area contributed by atoms with E-state index in [0.29, 0.717) is 17.5 Å². The van der Waals surface area contributed by atoms with Crippen molar-refractivity contribution >= 4 is 0 Å². The van der Waals surface area contributed by atoms with E-state index >= 15 is 0 Å². The Balaban J connectivity index is 1.20. The standard InChI is InChI=1S/C25H22N4O2/c30-22-27(15-9-5-2-6-10-15)23(31)29-21-18-16-17(18)20(28(22)29)24-12-26(13-25(21,24)19(16)24)11-14-7-3-1-4-8-14/h1-10,16-21H,11-13H2/t16?,17-,18-,19?,20-,21-,24-,25+/m0/s1. The molecule has 154 valence electrons. The topological polar surface area (TPSA) is 52.2 Å². The largest absolute Gasteiger partial charge is 0.352 e. The van der Waals surface area contributed by atoms with Crippen LogP contribution in [-0.4, -0.2) is 31.9 Å². The molecule has 6 heteroatoms. The number of hydrogen-bond donors (Lipinski definition) is 0. The lowest BCUT2D eigenvalue weighted by molar-refractivity contribution is 0.0280. The fourth-order valence-corrected chi connectivity index (χ4v) is 9.61. The Kier molecular flexibility index (Phi) is 2.31. The van der Waals surface area contributed by atoms with E-state index in [0.717, 1.165) is 31.5 Å². The van der Waals surface area contributed by atoms with Crippen LogP contribution in [0.5, 0.6) is 0 Å². The number of nitrogens with zero attached hydrogens (tertiary/aromatic N) is 4. The van der Waals surface area contributed by atoms with Crippen LogP contribution in [0, 0.1) is 34.5 Å². The van der Waals surface area contributed by atoms with Crippen molar-refractivity contribution in [1.29, 1.82) is 0 Å². The molecule has 0 N–H and O–H groups in total. The van der Waals surface area contributed by atoms with Crippen LogP contribution in [0.2, 0.25) is 0 Å². The minimum atomic E-state index is -0.132. The van der Waals surface area contributed by atoms with Crippen LogP contribution in [0.1, 0.15) is 17.6 Å². The Morgan fingerprint density at radius 2 is 1.29 bits per heavy atom. The molecule has 1 aromatic heterocycles. The first-order valence-electron chi connectivity index (χ1n) is 11.5. The molecule has 3 aliphatic heterocycles. The van der Waals surface area contributed by atoms with Crippen molar-refractivity contribution in [3.63, 3.8) is 0 Å². The molecule has 7 aliphatic rings. The van der Waals surface area contributed by atoms with Gasteiger partial charge in [0.05, 0.1) is 17.8 Å². The fourth-order valence-electron chi connectivity index (χ4n) is 9.61. The van der Waals surface area contributed by atoms with Gasteiger partial charge in [-0.3, -0.25) is 4.90 Å². The number of para-hydroxylation sites is 1. The molecule has 4 saturated carbocycles. The van der Waals surface area contributed by atoms with Gasteiger partial charge in [0, 0.05) is 30.5 Å². The summed E-state index contributed by atoms with van der Waals surface area (Å²) in [5.74, 6) is 2.73. The Hall–Kier alpha value is -2.86. The first-order chi connectivity index (χ1) is 15.2. The van der Waals surface area contributed by atoms with Crippen molar-refractivity contribution in [3.05, 3.63) is 87.2 Å². The van der Waals surface area contributed by atoms with E-state index in [1.807, 2.05) is 39.7 Å². The average molecular weight is 410 g/mol. The maximum Gasteiger partial charge on any atom is 0.352 e. The van der Waals surface area contributed by atoms with E-state index in [1.54, 1.807) is 0 Å². The van der Waals surface area contributed by atoms with E-state index in [4.69, 9.17) is 0 Å². The molecule has 4 aliphatic carbocycles. The zero-order chi connectivity index (χ0) is 20.3. The summed E-state index contributed by atoms with van der Waals surface area (Å²) in [5.41, 5.74) is 2.21. The van der Waals surface area contributed by atoms with Crippen LogP contribution in [0.3, 0.4) is 0 Å². The fraction of sp³-hybridized carbons (Fsp3) is 0.440. The van der Waals surface area contributed by atoms with Gasteiger partial charge in [-0.25, -0.2) is 23.5 Å². The highest BCUT2D eigenvalue weighted by Gasteiger charge is 3.04. The molecule has 8 atom stereocenters. The third-order valence-corrected chi connectivity index (χ3v) is 10.0. The smallest absolute Gasteiger partial charge is 0.298 e. The second-order valence-corrected chi connectivity index (χ2v) is 10.7. The zero-order valence-electron chi connectivity index (χ0n) is 17.0. The highest BCUT2D eigenvalue weighted by atomic mass is 16.2. The van der Waals surface area contributed by atoms with Gasteiger partial charge in [0.2, 0.25) is 0 Å². The maximum absolute atomic E-state index is 13.6. The lowest BCUT2D eigenvalue weighted by atomic mass is 9.73. The predicted octanol–water partition coefficient (Wildman–Crippen LogP) is 1.90. The Morgan fingerprint density at radius 1 is 0.742 bits per heavy atom. The summed E-state index contributed by atoms with van der Waals surface area (Å²) >= 11 is 0. The molecule has 2 aromatic carbocycles. The molecule has 10 rings (SSSR count). The lowest BCUT2D eigenvalue weighted by Gasteiger charge is -2.45. The minimum Gasteiger partial charge on any atom is -0.298 e. The van der Waals surface area contributed by atoms with E-state index in [-0.39, 0.29) is 34.3 Å². The summed E-state index contributed by atoms with van der Waals surface area (Å²) < 4.78 is 5.24. The molecule has 0 amide bonds. The van der Waals surface area contributed by atoms with Gasteiger partial charge in [0.1, 0.15) is 0 Å². The summed E-state index contributed by atoms with van der Waals surface area (Å²) in [6, 6.07) is 20.5. The maximum atomic E-state index is 13.6. The average Bonchev–Trinajstić information content (AvgIpc) is 3.40. The second kappa shape index (κ2) is 4.51. The number of rotatable bonds is 3. The van der Waals surface area contributed by atoms with Crippen LogP contribution >= 0.6 is 0 Å². The highest BCUT2D eigenvalue weighted by Crippen LogP contribution is 3.03. The lowest BCUT2D eigenvalue weighted by Crippen LogP contribution is -2.52. The summed E-state index contributed by atoms with van der Waals surface area (Å²) in [4.78, 5) is 29.8. The van der Waals surface area contributed by atoms with E-state index in [9.17, 15) is 9.59 Å². The van der Waals surface area contributed by atoms with Gasteiger partial charge in [-0.15, -0.1) is 0 Å². The predicted molar refractivity (Wildman–Crippen MR) is 113 cm³/mol. The molecule has 3 aromatic rings. The van der Waals surface area contributed by atoms with E-state index in [2.05, 4.69) is 35.2 Å². The quantitative estimate of drug-likeness (QED) is 0.663. The van der Waals surface area contributed by atoms with Gasteiger partial charge in [-0.1, -0.05) is 48.5 Å². The molecule has 6 nitrogen and oxygen atoms in total. The van der Waals surface area contributed by atoms with Crippen LogP contribution in [0.25, 0.3) is 5.69 Å². The normalized spacial score (nSPS) is 43.7. The number of piperidine rings is 1. The monoisotopic (exact) mass is 410 g/mol. The van der Waals surface area contributed by atoms with Crippen molar-refractivity contribution < 1.29 is 0 Å². The third kappa shape index (κ3) is 1.36. The molecule has 0 radical (unpaired) electrons. The van der Waals surface area contributed by atoms with Crippen molar-refractivity contribution in [2.24, 2.45) is 34.5 Å². The number of aromatic nitrogens is 3. The third-order valence-electron chi connectivity index (χ3n) is 10.0. The first-order valence-corrected chi connectivity index (χ1v) is 11.5. The van der Waals surface area contributed by atoms with Crippen molar-refractivity contribution in [2.75, 3.05) is 13.1 Å². The van der Waals surface area contributed by atoms with Crippen LogP contribution in [-0.2, 0) is 6.54 Å². The zero-order valence-corrected chi connectivity index (χ0v) is 17.0. The number of likely N-dealkylation sites (tertiary alicyclic amines) is 1. The van der Waals surface area contributed by atoms with Crippen molar-refractivity contribution in [1.82, 2.24) is 18.8 Å². The van der Waals surface area contributed by atoms with Gasteiger partial charge in [0.25, 0.3) is 0 Å². The first kappa shape index (κ1) is 15.9. The highest BCUT2D eigenvalue weighted by molar-refractivity contribution is 5.51. The van der Waals surface area contributed by atoms with Gasteiger partial charge in [0.15, 0.2) is 0 Å². The molecule has 5 fully saturated rings. The second-order valence-electron chi connectivity index (χ2n) is 10.7. The minimum absolute atomic E-state index is 0.132. The molecule has 4 heterocycles. The van der Waals surface area contributed by atoms with Gasteiger partial charge >= 0.3 is 11.4 Å². The van der Waals surface area contributed by atoms with E-state index < -0.39 is 0 Å². The SMILES string of the molecule is O=c1n(-c2ccccc2)c(=O)n2n1[C@H]1[C@H]3C4C5[C@@]16CN(Cc1ccccc1)C[C@]56[C@@H]2[C@@H]43. The summed E-state index contributed by atoms with van der Waals surface area (Å²) in [5, 5.41) is 0. The molecule has 2 spiro atoms. The van der Waals surface area contributed by atoms with Crippen LogP contribution in [0.15, 0.2) is 70.3 Å². The molecule has 31 heavy (non-hydrogen) atoms. The van der Waals surface area contributed by atoms with Gasteiger partial charge in [-0.05, 0) is 41.4 Å². The van der Waals surface area contributed by atoms with Gasteiger partial charge in [-0.2, -0.15) is 0 Å². The Morgan fingerprint density at radius 3 is 1.87 bits per heavy atom. The number of hydrogen-bond acceptors (Lipinski definition) is 3. The van der Waals surface area contributed by atoms with Gasteiger partial charge < -0.3 is 0 Å². The summed E-state index contributed by atoms with van der Waals surface area (Å²) in [6.45, 7) is 3.11. The molecule has 2 unspecified atom stereocenters. The Bertz CT molecular complexity index is 1360. The van der Waals surface area contributed by atoms with Crippen molar-refractivity contribution in [3.8, 4) is 5.69 Å². The summed E-state index contributed by atoms with van der Waals surface area (Å²) in [7, 11) is 0. The summed E-state index contributed by atoms with van der Waals surface area (Å²) in [6.07, 6.45) is 0.